The molecule has 2 aromatic rings. The van der Waals surface area contributed by atoms with Crippen molar-refractivity contribution in [2.75, 3.05) is 34.4 Å². The van der Waals surface area contributed by atoms with E-state index in [9.17, 15) is 13.2 Å². The van der Waals surface area contributed by atoms with Gasteiger partial charge in [0.15, 0.2) is 0 Å². The molecule has 1 heterocycles. The number of hydrogen-bond acceptors (Lipinski definition) is 6. The number of hydrogen-bond donors (Lipinski definition) is 1. The highest BCUT2D eigenvalue weighted by molar-refractivity contribution is 7.89. The summed E-state index contributed by atoms with van der Waals surface area (Å²) in [5.74, 6) is 0.741. The van der Waals surface area contributed by atoms with Crippen LogP contribution in [0, 0.1) is 5.92 Å². The molecule has 2 aromatic carbocycles. The van der Waals surface area contributed by atoms with Crippen molar-refractivity contribution in [2.45, 2.75) is 24.3 Å². The number of nitrogens with zero attached hydrogens (tertiary/aromatic N) is 1. The molecule has 31 heavy (non-hydrogen) atoms. The van der Waals surface area contributed by atoms with E-state index in [1.54, 1.807) is 19.2 Å². The number of piperidine rings is 1. The van der Waals surface area contributed by atoms with Crippen LogP contribution in [-0.4, -0.2) is 53.0 Å². The van der Waals surface area contributed by atoms with Crippen LogP contribution >= 0.6 is 0 Å². The summed E-state index contributed by atoms with van der Waals surface area (Å²) >= 11 is 0. The lowest BCUT2D eigenvalue weighted by Gasteiger charge is -2.31. The highest BCUT2D eigenvalue weighted by Gasteiger charge is 2.35. The van der Waals surface area contributed by atoms with E-state index in [0.29, 0.717) is 37.4 Å². The second-order valence-electron chi connectivity index (χ2n) is 7.25. The Bertz CT molecular complexity index is 1020. The molecule has 1 saturated heterocycles. The fraction of sp³-hybridized carbons (Fsp3) is 0.409. The van der Waals surface area contributed by atoms with Crippen molar-refractivity contribution in [3.63, 3.8) is 0 Å². The lowest BCUT2D eigenvalue weighted by molar-refractivity contribution is -0.126. The number of benzene rings is 2. The van der Waals surface area contributed by atoms with Crippen molar-refractivity contribution < 1.29 is 27.4 Å². The zero-order valence-electron chi connectivity index (χ0n) is 18.0. The number of sulfonamides is 1. The van der Waals surface area contributed by atoms with Gasteiger partial charge < -0.3 is 19.5 Å². The van der Waals surface area contributed by atoms with Crippen molar-refractivity contribution in [2.24, 2.45) is 5.92 Å². The molecular formula is C22H28N2O6S. The molecule has 1 N–H and O–H groups in total. The van der Waals surface area contributed by atoms with E-state index in [-0.39, 0.29) is 23.1 Å². The second kappa shape index (κ2) is 10.0. The largest absolute Gasteiger partial charge is 0.497 e. The van der Waals surface area contributed by atoms with Gasteiger partial charge in [-0.1, -0.05) is 18.2 Å². The van der Waals surface area contributed by atoms with Gasteiger partial charge in [0.25, 0.3) is 0 Å². The summed E-state index contributed by atoms with van der Waals surface area (Å²) in [5.41, 5.74) is 0.861. The zero-order chi connectivity index (χ0) is 22.4. The van der Waals surface area contributed by atoms with Gasteiger partial charge in [-0.05, 0) is 31.0 Å². The molecular weight excluding hydrogens is 420 g/mol. The molecule has 1 aliphatic rings. The van der Waals surface area contributed by atoms with Crippen molar-refractivity contribution in [3.8, 4) is 17.2 Å². The average Bonchev–Trinajstić information content (AvgIpc) is 2.82. The molecule has 0 saturated carbocycles. The molecule has 0 radical (unpaired) electrons. The Morgan fingerprint density at radius 2 is 1.81 bits per heavy atom. The van der Waals surface area contributed by atoms with Gasteiger partial charge in [0.05, 0.1) is 27.2 Å². The highest BCUT2D eigenvalue weighted by atomic mass is 32.2. The Balaban J connectivity index is 1.73. The summed E-state index contributed by atoms with van der Waals surface area (Å²) in [6.45, 7) is 0.773. The van der Waals surface area contributed by atoms with E-state index in [4.69, 9.17) is 14.2 Å². The van der Waals surface area contributed by atoms with Gasteiger partial charge >= 0.3 is 0 Å². The van der Waals surface area contributed by atoms with Crippen LogP contribution in [0.25, 0.3) is 0 Å². The van der Waals surface area contributed by atoms with Crippen LogP contribution in [0.5, 0.6) is 17.2 Å². The number of carbonyl (C=O) groups is 1. The van der Waals surface area contributed by atoms with Crippen LogP contribution in [0.15, 0.2) is 47.4 Å². The number of rotatable bonds is 8. The lowest BCUT2D eigenvalue weighted by Crippen LogP contribution is -2.45. The Morgan fingerprint density at radius 1 is 1.06 bits per heavy atom. The molecule has 0 unspecified atom stereocenters. The van der Waals surface area contributed by atoms with Crippen molar-refractivity contribution >= 4 is 15.9 Å². The lowest BCUT2D eigenvalue weighted by atomic mass is 9.98. The maximum atomic E-state index is 13.3. The highest BCUT2D eigenvalue weighted by Crippen LogP contribution is 2.32. The Kier molecular flexibility index (Phi) is 7.40. The number of ether oxygens (including phenoxy) is 3. The third kappa shape index (κ3) is 5.11. The molecule has 9 heteroatoms. The Hall–Kier alpha value is -2.78. The maximum Gasteiger partial charge on any atom is 0.246 e. The normalized spacial score (nSPS) is 17.1. The number of nitrogens with one attached hydrogen (secondary N) is 1. The third-order valence-corrected chi connectivity index (χ3v) is 7.28. The van der Waals surface area contributed by atoms with Crippen molar-refractivity contribution in [1.29, 1.82) is 0 Å². The van der Waals surface area contributed by atoms with Gasteiger partial charge in [-0.2, -0.15) is 4.31 Å². The Labute approximate surface area is 183 Å². The summed E-state index contributed by atoms with van der Waals surface area (Å²) in [7, 11) is 0.623. The molecule has 1 amide bonds. The summed E-state index contributed by atoms with van der Waals surface area (Å²) in [4.78, 5) is 12.8. The van der Waals surface area contributed by atoms with Gasteiger partial charge in [-0.15, -0.1) is 0 Å². The minimum Gasteiger partial charge on any atom is -0.497 e. The molecule has 1 atom stereocenters. The van der Waals surface area contributed by atoms with Gasteiger partial charge in [0, 0.05) is 31.3 Å². The van der Waals surface area contributed by atoms with Gasteiger partial charge in [-0.3, -0.25) is 4.79 Å². The monoisotopic (exact) mass is 448 g/mol. The maximum absolute atomic E-state index is 13.3. The van der Waals surface area contributed by atoms with Gasteiger partial charge in [-0.25, -0.2) is 8.42 Å². The fourth-order valence-electron chi connectivity index (χ4n) is 3.68. The second-order valence-corrected chi connectivity index (χ2v) is 9.16. The van der Waals surface area contributed by atoms with Crippen LogP contribution < -0.4 is 19.5 Å². The zero-order valence-corrected chi connectivity index (χ0v) is 18.8. The first-order valence-electron chi connectivity index (χ1n) is 10.0. The van der Waals surface area contributed by atoms with Gasteiger partial charge in [0.2, 0.25) is 15.9 Å². The number of amides is 1. The van der Waals surface area contributed by atoms with Crippen LogP contribution in [0.2, 0.25) is 0 Å². The smallest absolute Gasteiger partial charge is 0.246 e. The van der Waals surface area contributed by atoms with E-state index in [2.05, 4.69) is 5.32 Å². The number of carbonyl (C=O) groups excluding carboxylic acids is 1. The van der Waals surface area contributed by atoms with E-state index in [0.717, 1.165) is 5.56 Å². The van der Waals surface area contributed by atoms with E-state index < -0.39 is 15.9 Å². The van der Waals surface area contributed by atoms with Crippen LogP contribution in [0.4, 0.5) is 0 Å². The summed E-state index contributed by atoms with van der Waals surface area (Å²) in [6, 6.07) is 12.1. The summed E-state index contributed by atoms with van der Waals surface area (Å²) in [5, 5.41) is 2.91. The predicted octanol–water partition coefficient (Wildman–Crippen LogP) is 2.43. The molecule has 8 nitrogen and oxygen atoms in total. The summed E-state index contributed by atoms with van der Waals surface area (Å²) in [6.07, 6.45) is 1.22. The van der Waals surface area contributed by atoms with Crippen LogP contribution in [0.1, 0.15) is 18.4 Å². The number of para-hydroxylation sites is 1. The molecule has 168 valence electrons. The molecule has 1 fully saturated rings. The van der Waals surface area contributed by atoms with Crippen molar-refractivity contribution in [3.05, 3.63) is 48.0 Å². The third-order valence-electron chi connectivity index (χ3n) is 5.39. The molecule has 1 aliphatic heterocycles. The average molecular weight is 449 g/mol. The molecule has 0 spiro atoms. The van der Waals surface area contributed by atoms with E-state index >= 15 is 0 Å². The van der Waals surface area contributed by atoms with Crippen LogP contribution in [0.3, 0.4) is 0 Å². The minimum absolute atomic E-state index is 0.0319. The predicted molar refractivity (Wildman–Crippen MR) is 116 cm³/mol. The first-order chi connectivity index (χ1) is 14.9. The molecule has 0 aromatic heterocycles. The molecule has 3 rings (SSSR count). The van der Waals surface area contributed by atoms with Crippen molar-refractivity contribution in [1.82, 2.24) is 9.62 Å². The van der Waals surface area contributed by atoms with Crippen LogP contribution in [-0.2, 0) is 21.4 Å². The topological polar surface area (TPSA) is 94.2 Å². The standard InChI is InChI=1S/C22H28N2O6S/c1-28-18-10-11-20(30-3)21(13-18)31(26,27)24-12-6-8-17(15-24)22(25)23-14-16-7-4-5-9-19(16)29-2/h4-5,7,9-11,13,17H,6,8,12,14-15H2,1-3H3,(H,23,25)/t17-/m0/s1. The van der Waals surface area contributed by atoms with E-state index in [1.807, 2.05) is 24.3 Å². The first kappa shape index (κ1) is 22.9. The molecule has 0 aliphatic carbocycles. The summed E-state index contributed by atoms with van der Waals surface area (Å²) < 4.78 is 43.7. The number of methoxy groups -OCH3 is 3. The minimum atomic E-state index is -3.85. The van der Waals surface area contributed by atoms with E-state index in [1.165, 1.54) is 24.6 Å². The fourth-order valence-corrected chi connectivity index (χ4v) is 5.37. The molecule has 0 bridgehead atoms. The van der Waals surface area contributed by atoms with Gasteiger partial charge in [0.1, 0.15) is 22.1 Å². The Morgan fingerprint density at radius 3 is 2.52 bits per heavy atom. The SMILES string of the molecule is COc1ccc(OC)c(S(=O)(=O)N2CCC[C@H](C(=O)NCc3ccccc3OC)C2)c1. The first-order valence-corrected chi connectivity index (χ1v) is 11.5. The quantitative estimate of drug-likeness (QED) is 0.667.